The maximum Gasteiger partial charge on any atom is 0.292 e. The second-order valence-corrected chi connectivity index (χ2v) is 7.76. The number of benzene rings is 1. The lowest BCUT2D eigenvalue weighted by Crippen LogP contribution is -2.20. The van der Waals surface area contributed by atoms with Gasteiger partial charge in [0.1, 0.15) is 22.8 Å². The highest BCUT2D eigenvalue weighted by Crippen LogP contribution is 2.39. The summed E-state index contributed by atoms with van der Waals surface area (Å²) in [6.45, 7) is 7.10. The molecule has 0 saturated carbocycles. The number of fused-ring (bicyclic) bond motifs is 2. The van der Waals surface area contributed by atoms with Crippen LogP contribution in [0.15, 0.2) is 16.5 Å². The molecule has 0 saturated heterocycles. The Bertz CT molecular complexity index is 1220. The highest BCUT2D eigenvalue weighted by molar-refractivity contribution is 6.01. The van der Waals surface area contributed by atoms with Gasteiger partial charge in [-0.1, -0.05) is 20.8 Å². The fourth-order valence-electron chi connectivity index (χ4n) is 3.26. The fraction of sp³-hybridized carbons (Fsp3) is 0.368. The Labute approximate surface area is 167 Å². The summed E-state index contributed by atoms with van der Waals surface area (Å²) < 4.78 is 12.8. The molecule has 1 aromatic carbocycles. The van der Waals surface area contributed by atoms with Crippen LogP contribution in [0.1, 0.15) is 27.2 Å². The molecule has 4 aromatic rings. The van der Waals surface area contributed by atoms with E-state index in [1.807, 2.05) is 4.68 Å². The lowest BCUT2D eigenvalue weighted by molar-refractivity contribution is 0.284. The van der Waals surface area contributed by atoms with Crippen LogP contribution >= 0.6 is 0 Å². The predicted octanol–water partition coefficient (Wildman–Crippen LogP) is 2.83. The van der Waals surface area contributed by atoms with Crippen molar-refractivity contribution in [1.29, 1.82) is 0 Å². The van der Waals surface area contributed by atoms with Crippen LogP contribution in [0.4, 0.5) is 17.8 Å². The van der Waals surface area contributed by atoms with Gasteiger partial charge in [0.15, 0.2) is 11.2 Å². The van der Waals surface area contributed by atoms with Gasteiger partial charge in [-0.3, -0.25) is 0 Å². The molecule has 0 aliphatic carbocycles. The molecule has 0 atom stereocenters. The van der Waals surface area contributed by atoms with E-state index in [1.54, 1.807) is 19.2 Å². The molecule has 152 valence electrons. The van der Waals surface area contributed by atoms with Crippen molar-refractivity contribution in [3.8, 4) is 17.0 Å². The number of aromatic nitrogens is 5. The van der Waals surface area contributed by atoms with Gasteiger partial charge in [-0.15, -0.1) is 0 Å². The highest BCUT2D eigenvalue weighted by Gasteiger charge is 2.25. The first kappa shape index (κ1) is 18.8. The molecule has 0 amide bonds. The molecule has 0 fully saturated rings. The summed E-state index contributed by atoms with van der Waals surface area (Å²) in [5.41, 5.74) is 20.8. The third-order valence-electron chi connectivity index (χ3n) is 5.15. The van der Waals surface area contributed by atoms with Crippen LogP contribution in [0.25, 0.3) is 33.4 Å². The van der Waals surface area contributed by atoms with Gasteiger partial charge in [-0.05, 0) is 17.9 Å². The van der Waals surface area contributed by atoms with E-state index in [9.17, 15) is 0 Å². The molecule has 0 unspecified atom stereocenters. The van der Waals surface area contributed by atoms with Gasteiger partial charge in [0, 0.05) is 18.2 Å². The first-order valence-electron chi connectivity index (χ1n) is 9.26. The number of oxazole rings is 1. The van der Waals surface area contributed by atoms with Crippen molar-refractivity contribution in [1.82, 2.24) is 24.7 Å². The normalized spacial score (nSPS) is 12.1. The van der Waals surface area contributed by atoms with E-state index in [0.717, 1.165) is 6.42 Å². The number of hydrogen-bond acceptors (Lipinski definition) is 9. The Morgan fingerprint density at radius 2 is 1.90 bits per heavy atom. The zero-order valence-corrected chi connectivity index (χ0v) is 16.9. The van der Waals surface area contributed by atoms with Crippen molar-refractivity contribution in [3.63, 3.8) is 0 Å². The highest BCUT2D eigenvalue weighted by atomic mass is 16.5. The Hall–Kier alpha value is -3.56. The van der Waals surface area contributed by atoms with Gasteiger partial charge in [0.2, 0.25) is 5.95 Å². The van der Waals surface area contributed by atoms with Crippen molar-refractivity contribution < 1.29 is 9.15 Å². The average Bonchev–Trinajstić information content (AvgIpc) is 3.19. The smallest absolute Gasteiger partial charge is 0.292 e. The minimum atomic E-state index is -0.000695. The van der Waals surface area contributed by atoms with E-state index in [4.69, 9.17) is 31.5 Å². The van der Waals surface area contributed by atoms with Crippen LogP contribution in [-0.4, -0.2) is 31.8 Å². The van der Waals surface area contributed by atoms with Crippen LogP contribution in [-0.2, 0) is 6.54 Å². The van der Waals surface area contributed by atoms with Gasteiger partial charge in [0.25, 0.3) is 6.01 Å². The monoisotopic (exact) mass is 396 g/mol. The van der Waals surface area contributed by atoms with Crippen LogP contribution in [0.5, 0.6) is 5.75 Å². The Kier molecular flexibility index (Phi) is 4.21. The average molecular weight is 396 g/mol. The van der Waals surface area contributed by atoms with E-state index in [1.165, 1.54) is 0 Å². The van der Waals surface area contributed by atoms with Crippen molar-refractivity contribution in [2.24, 2.45) is 5.41 Å². The maximum absolute atomic E-state index is 6.23. The first-order chi connectivity index (χ1) is 13.7. The summed E-state index contributed by atoms with van der Waals surface area (Å²) in [4.78, 5) is 12.8. The summed E-state index contributed by atoms with van der Waals surface area (Å²) >= 11 is 0. The minimum absolute atomic E-state index is 0.000695. The number of nitrogens with zero attached hydrogens (tertiary/aromatic N) is 5. The standard InChI is InChI=1S/C19H24N8O2/c1-5-19(2,3)8-27-16-13(15(20)24-17(21)25-16)14(26-27)9-6-10-12(7-11(9)28-4)29-18(22)23-10/h6-7H,5,8H2,1-4H3,(H2,22,23)(H4,20,21,24,25). The molecule has 6 N–H and O–H groups in total. The lowest BCUT2D eigenvalue weighted by Gasteiger charge is -2.22. The van der Waals surface area contributed by atoms with E-state index in [2.05, 4.69) is 35.7 Å². The molecule has 3 aromatic heterocycles. The molecular weight excluding hydrogens is 372 g/mol. The summed E-state index contributed by atoms with van der Waals surface area (Å²) in [5, 5.41) is 5.44. The molecular formula is C19H24N8O2. The molecule has 29 heavy (non-hydrogen) atoms. The number of ether oxygens (including phenoxy) is 1. The fourth-order valence-corrected chi connectivity index (χ4v) is 3.26. The Morgan fingerprint density at radius 1 is 1.14 bits per heavy atom. The quantitative estimate of drug-likeness (QED) is 0.461. The molecule has 10 heteroatoms. The molecule has 0 aliphatic rings. The van der Waals surface area contributed by atoms with Crippen molar-refractivity contribution in [2.75, 3.05) is 24.3 Å². The Balaban J connectivity index is 2.02. The summed E-state index contributed by atoms with van der Waals surface area (Å²) in [6, 6.07) is 3.61. The predicted molar refractivity (Wildman–Crippen MR) is 112 cm³/mol. The lowest BCUT2D eigenvalue weighted by atomic mass is 9.90. The molecule has 4 rings (SSSR count). The first-order valence-corrected chi connectivity index (χ1v) is 9.26. The third kappa shape index (κ3) is 3.16. The third-order valence-corrected chi connectivity index (χ3v) is 5.15. The van der Waals surface area contributed by atoms with Crippen molar-refractivity contribution >= 4 is 39.9 Å². The molecule has 3 heterocycles. The number of anilines is 3. The van der Waals surface area contributed by atoms with E-state index in [-0.39, 0.29) is 23.2 Å². The number of methoxy groups -OCH3 is 1. The summed E-state index contributed by atoms with van der Waals surface area (Å²) in [6.07, 6.45) is 0.966. The SMILES string of the molecule is CCC(C)(C)Cn1nc(-c2cc3nc(N)oc3cc2OC)c2c(N)nc(N)nc21. The second-order valence-electron chi connectivity index (χ2n) is 7.76. The van der Waals surface area contributed by atoms with Crippen molar-refractivity contribution in [2.45, 2.75) is 33.7 Å². The van der Waals surface area contributed by atoms with Gasteiger partial charge in [-0.2, -0.15) is 20.1 Å². The minimum Gasteiger partial charge on any atom is -0.496 e. The number of hydrogen-bond donors (Lipinski definition) is 3. The summed E-state index contributed by atoms with van der Waals surface area (Å²) in [7, 11) is 1.57. The summed E-state index contributed by atoms with van der Waals surface area (Å²) in [5.74, 6) is 0.903. The van der Waals surface area contributed by atoms with Gasteiger partial charge < -0.3 is 26.4 Å². The molecule has 0 bridgehead atoms. The van der Waals surface area contributed by atoms with E-state index in [0.29, 0.717) is 45.7 Å². The van der Waals surface area contributed by atoms with Crippen LogP contribution in [0.3, 0.4) is 0 Å². The van der Waals surface area contributed by atoms with Crippen LogP contribution in [0, 0.1) is 5.41 Å². The number of nitrogen functional groups attached to an aromatic ring is 3. The maximum atomic E-state index is 6.23. The topological polar surface area (TPSA) is 157 Å². The molecule has 0 radical (unpaired) electrons. The van der Waals surface area contributed by atoms with E-state index >= 15 is 0 Å². The number of rotatable bonds is 5. The van der Waals surface area contributed by atoms with Gasteiger partial charge >= 0.3 is 0 Å². The Morgan fingerprint density at radius 3 is 2.59 bits per heavy atom. The zero-order valence-electron chi connectivity index (χ0n) is 16.9. The van der Waals surface area contributed by atoms with E-state index < -0.39 is 0 Å². The number of nitrogens with two attached hydrogens (primary N) is 3. The second kappa shape index (κ2) is 6.50. The van der Waals surface area contributed by atoms with Gasteiger partial charge in [-0.25, -0.2) is 4.68 Å². The van der Waals surface area contributed by atoms with Crippen LogP contribution in [0.2, 0.25) is 0 Å². The van der Waals surface area contributed by atoms with Crippen LogP contribution < -0.4 is 21.9 Å². The molecule has 10 nitrogen and oxygen atoms in total. The molecule has 0 spiro atoms. The largest absolute Gasteiger partial charge is 0.496 e. The van der Waals surface area contributed by atoms with Crippen molar-refractivity contribution in [3.05, 3.63) is 12.1 Å². The zero-order chi connectivity index (χ0) is 20.9. The van der Waals surface area contributed by atoms with Gasteiger partial charge in [0.05, 0.1) is 12.5 Å². The molecule has 0 aliphatic heterocycles.